The van der Waals surface area contributed by atoms with Crippen LogP contribution in [-0.2, 0) is 4.79 Å². The van der Waals surface area contributed by atoms with Gasteiger partial charge in [0.15, 0.2) is 6.39 Å². The first-order valence-corrected chi connectivity index (χ1v) is 5.35. The highest BCUT2D eigenvalue weighted by Gasteiger charge is 2.24. The van der Waals surface area contributed by atoms with Gasteiger partial charge in [0.2, 0.25) is 5.76 Å². The number of oxazole rings is 1. The van der Waals surface area contributed by atoms with Crippen LogP contribution in [0.3, 0.4) is 0 Å². The van der Waals surface area contributed by atoms with E-state index in [9.17, 15) is 9.59 Å². The summed E-state index contributed by atoms with van der Waals surface area (Å²) in [6.45, 7) is 5.40. The number of hydrogen-bond acceptors (Lipinski definition) is 4. The summed E-state index contributed by atoms with van der Waals surface area (Å²) in [7, 11) is 0. The number of rotatable bonds is 5. The topological polar surface area (TPSA) is 92.4 Å². The number of carboxylic acids is 1. The normalized spacial score (nSPS) is 12.5. The van der Waals surface area contributed by atoms with E-state index in [1.54, 1.807) is 6.92 Å². The summed E-state index contributed by atoms with van der Waals surface area (Å²) in [4.78, 5) is 26.5. The van der Waals surface area contributed by atoms with E-state index in [1.165, 1.54) is 0 Å². The zero-order valence-electron chi connectivity index (χ0n) is 10.1. The smallest absolute Gasteiger partial charge is 0.326 e. The van der Waals surface area contributed by atoms with Crippen LogP contribution in [0.5, 0.6) is 0 Å². The van der Waals surface area contributed by atoms with Crippen molar-refractivity contribution in [2.75, 3.05) is 0 Å². The van der Waals surface area contributed by atoms with Crippen LogP contribution in [0.25, 0.3) is 0 Å². The molecular weight excluding hydrogens is 224 g/mol. The largest absolute Gasteiger partial charge is 0.480 e. The molecule has 0 aromatic carbocycles. The molecule has 17 heavy (non-hydrogen) atoms. The second kappa shape index (κ2) is 5.47. The fourth-order valence-electron chi connectivity index (χ4n) is 1.44. The van der Waals surface area contributed by atoms with Crippen LogP contribution in [0.2, 0.25) is 0 Å². The third kappa shape index (κ3) is 3.58. The minimum Gasteiger partial charge on any atom is -0.480 e. The molecule has 6 nitrogen and oxygen atoms in total. The molecule has 1 atom stereocenters. The van der Waals surface area contributed by atoms with Gasteiger partial charge in [-0.15, -0.1) is 0 Å². The number of aliphatic carboxylic acids is 1. The first-order chi connectivity index (χ1) is 7.91. The van der Waals surface area contributed by atoms with Crippen molar-refractivity contribution >= 4 is 11.9 Å². The number of carbonyl (C=O) groups excluding carboxylic acids is 1. The summed E-state index contributed by atoms with van der Waals surface area (Å²) >= 11 is 0. The van der Waals surface area contributed by atoms with E-state index in [-0.39, 0.29) is 11.7 Å². The van der Waals surface area contributed by atoms with Crippen molar-refractivity contribution in [2.24, 2.45) is 5.92 Å². The van der Waals surface area contributed by atoms with Crippen molar-refractivity contribution in [3.8, 4) is 0 Å². The molecule has 0 aliphatic heterocycles. The standard InChI is InChI=1S/C11H16N2O4/c1-6(2)4-8(11(15)16)13-10(14)9-7(3)12-5-17-9/h5-6,8H,4H2,1-3H3,(H,13,14)(H,15,16)/t8-/m0/s1. The average molecular weight is 240 g/mol. The number of amides is 1. The van der Waals surface area contributed by atoms with Gasteiger partial charge in [-0.1, -0.05) is 13.8 Å². The maximum atomic E-state index is 11.7. The molecule has 0 aliphatic rings. The molecule has 0 saturated heterocycles. The second-order valence-corrected chi connectivity index (χ2v) is 4.26. The lowest BCUT2D eigenvalue weighted by atomic mass is 10.0. The monoisotopic (exact) mass is 240 g/mol. The van der Waals surface area contributed by atoms with Crippen LogP contribution >= 0.6 is 0 Å². The van der Waals surface area contributed by atoms with E-state index >= 15 is 0 Å². The lowest BCUT2D eigenvalue weighted by Gasteiger charge is -2.15. The van der Waals surface area contributed by atoms with Crippen molar-refractivity contribution in [1.29, 1.82) is 0 Å². The van der Waals surface area contributed by atoms with Crippen LogP contribution < -0.4 is 5.32 Å². The van der Waals surface area contributed by atoms with Gasteiger partial charge in [0.25, 0.3) is 5.91 Å². The molecule has 6 heteroatoms. The molecule has 0 saturated carbocycles. The molecule has 1 rings (SSSR count). The Kier molecular flexibility index (Phi) is 4.25. The molecule has 0 fully saturated rings. The number of nitrogens with one attached hydrogen (secondary N) is 1. The van der Waals surface area contributed by atoms with E-state index in [2.05, 4.69) is 10.3 Å². The first-order valence-electron chi connectivity index (χ1n) is 5.35. The third-order valence-electron chi connectivity index (χ3n) is 2.26. The van der Waals surface area contributed by atoms with Crippen LogP contribution in [0, 0.1) is 12.8 Å². The molecule has 0 aliphatic carbocycles. The first kappa shape index (κ1) is 13.2. The molecule has 0 spiro atoms. The highest BCUT2D eigenvalue weighted by molar-refractivity contribution is 5.94. The number of carbonyl (C=O) groups is 2. The summed E-state index contributed by atoms with van der Waals surface area (Å²) in [5.41, 5.74) is 0.441. The number of nitrogens with zero attached hydrogens (tertiary/aromatic N) is 1. The summed E-state index contributed by atoms with van der Waals surface area (Å²) in [6, 6.07) is -0.910. The van der Waals surface area contributed by atoms with E-state index in [0.717, 1.165) is 6.39 Å². The fourth-order valence-corrected chi connectivity index (χ4v) is 1.44. The maximum absolute atomic E-state index is 11.7. The van der Waals surface area contributed by atoms with Gasteiger partial charge >= 0.3 is 5.97 Å². The SMILES string of the molecule is Cc1ncoc1C(=O)N[C@@H](CC(C)C)C(=O)O. The van der Waals surface area contributed by atoms with Crippen molar-refractivity contribution in [2.45, 2.75) is 33.2 Å². The van der Waals surface area contributed by atoms with Crippen LogP contribution in [0.4, 0.5) is 0 Å². The zero-order valence-corrected chi connectivity index (χ0v) is 10.1. The second-order valence-electron chi connectivity index (χ2n) is 4.26. The Morgan fingerprint density at radius 2 is 2.18 bits per heavy atom. The van der Waals surface area contributed by atoms with Crippen LogP contribution in [0.1, 0.15) is 36.5 Å². The molecule has 0 radical (unpaired) electrons. The summed E-state index contributed by atoms with van der Waals surface area (Å²) < 4.78 is 4.90. The Morgan fingerprint density at radius 3 is 2.59 bits per heavy atom. The van der Waals surface area contributed by atoms with Gasteiger partial charge in [0, 0.05) is 0 Å². The van der Waals surface area contributed by atoms with E-state index < -0.39 is 17.9 Å². The Bertz CT molecular complexity index is 411. The number of aryl methyl sites for hydroxylation is 1. The molecule has 2 N–H and O–H groups in total. The number of hydrogen-bond donors (Lipinski definition) is 2. The highest BCUT2D eigenvalue weighted by Crippen LogP contribution is 2.08. The molecule has 94 valence electrons. The molecule has 1 heterocycles. The van der Waals surface area contributed by atoms with Crippen molar-refractivity contribution in [1.82, 2.24) is 10.3 Å². The van der Waals surface area contributed by atoms with Gasteiger partial charge in [-0.3, -0.25) is 4.79 Å². The number of aromatic nitrogens is 1. The minimum absolute atomic E-state index is 0.0556. The quantitative estimate of drug-likeness (QED) is 0.807. The Balaban J connectivity index is 2.71. The Hall–Kier alpha value is -1.85. The summed E-state index contributed by atoms with van der Waals surface area (Å²) in [5.74, 6) is -1.37. The highest BCUT2D eigenvalue weighted by atomic mass is 16.4. The average Bonchev–Trinajstić information content (AvgIpc) is 2.62. The third-order valence-corrected chi connectivity index (χ3v) is 2.26. The van der Waals surface area contributed by atoms with Gasteiger partial charge in [-0.2, -0.15) is 0 Å². The summed E-state index contributed by atoms with van der Waals surface area (Å²) in [6.07, 6.45) is 1.52. The van der Waals surface area contributed by atoms with Crippen molar-refractivity contribution in [3.63, 3.8) is 0 Å². The molecule has 1 aromatic rings. The van der Waals surface area contributed by atoms with E-state index in [1.807, 2.05) is 13.8 Å². The van der Waals surface area contributed by atoms with Gasteiger partial charge in [0.05, 0.1) is 5.69 Å². The molecular formula is C11H16N2O4. The lowest BCUT2D eigenvalue weighted by molar-refractivity contribution is -0.139. The molecule has 1 aromatic heterocycles. The van der Waals surface area contributed by atoms with Crippen molar-refractivity contribution in [3.05, 3.63) is 17.8 Å². The van der Waals surface area contributed by atoms with Crippen LogP contribution in [-0.4, -0.2) is 28.0 Å². The van der Waals surface area contributed by atoms with Gasteiger partial charge in [-0.05, 0) is 19.3 Å². The van der Waals surface area contributed by atoms with Gasteiger partial charge in [-0.25, -0.2) is 9.78 Å². The summed E-state index contributed by atoms with van der Waals surface area (Å²) in [5, 5.41) is 11.4. The Morgan fingerprint density at radius 1 is 1.53 bits per heavy atom. The predicted molar refractivity (Wildman–Crippen MR) is 59.6 cm³/mol. The van der Waals surface area contributed by atoms with E-state index in [4.69, 9.17) is 9.52 Å². The molecule has 0 unspecified atom stereocenters. The lowest BCUT2D eigenvalue weighted by Crippen LogP contribution is -2.41. The van der Waals surface area contributed by atoms with Gasteiger partial charge in [0.1, 0.15) is 6.04 Å². The molecule has 0 bridgehead atoms. The predicted octanol–water partition coefficient (Wildman–Crippen LogP) is 1.21. The Labute approximate surface area is 99.0 Å². The van der Waals surface area contributed by atoms with Crippen molar-refractivity contribution < 1.29 is 19.1 Å². The fraction of sp³-hybridized carbons (Fsp3) is 0.545. The maximum Gasteiger partial charge on any atom is 0.326 e. The van der Waals surface area contributed by atoms with Crippen LogP contribution in [0.15, 0.2) is 10.8 Å². The van der Waals surface area contributed by atoms with Gasteiger partial charge < -0.3 is 14.8 Å². The number of carboxylic acid groups (broad SMARTS) is 1. The zero-order chi connectivity index (χ0) is 13.0. The van der Waals surface area contributed by atoms with E-state index in [0.29, 0.717) is 12.1 Å². The minimum atomic E-state index is -1.05. The molecule has 1 amide bonds.